The number of rotatable bonds is 5. The van der Waals surface area contributed by atoms with Gasteiger partial charge in [0.2, 0.25) is 0 Å². The summed E-state index contributed by atoms with van der Waals surface area (Å²) in [6.07, 6.45) is 1.69. The minimum atomic E-state index is -0.0526. The standard InChI is InChI=1S/C16H18BrN3O2S.2BrH/c17-14-3-1-2-12(8-14)11-23-16-18-9-13(15(21)19-16)10-20-4-6-22-7-5-20;;/h1-3,8-9H,4-7,10-11H2,(H,18,19,21);2*1H. The van der Waals surface area contributed by atoms with E-state index in [1.54, 1.807) is 6.20 Å². The number of thioether (sulfide) groups is 1. The van der Waals surface area contributed by atoms with Crippen LogP contribution in [0.3, 0.4) is 0 Å². The fourth-order valence-electron chi connectivity index (χ4n) is 2.37. The Morgan fingerprint density at radius 1 is 1.28 bits per heavy atom. The number of halogens is 3. The molecule has 2 aromatic rings. The summed E-state index contributed by atoms with van der Waals surface area (Å²) in [5.41, 5.74) is 1.84. The number of aromatic amines is 1. The molecule has 0 spiro atoms. The van der Waals surface area contributed by atoms with Gasteiger partial charge in [0.15, 0.2) is 5.16 Å². The Morgan fingerprint density at radius 3 is 2.72 bits per heavy atom. The van der Waals surface area contributed by atoms with Crippen molar-refractivity contribution in [3.05, 3.63) is 56.4 Å². The average Bonchev–Trinajstić information content (AvgIpc) is 2.56. The molecular formula is C16H20Br3N3O2S. The molecule has 1 aromatic carbocycles. The van der Waals surface area contributed by atoms with Crippen LogP contribution in [-0.2, 0) is 17.0 Å². The number of morpholine rings is 1. The second-order valence-electron chi connectivity index (χ2n) is 5.35. The van der Waals surface area contributed by atoms with Crippen LogP contribution in [0.1, 0.15) is 11.1 Å². The van der Waals surface area contributed by atoms with Crippen molar-refractivity contribution in [1.29, 1.82) is 0 Å². The summed E-state index contributed by atoms with van der Waals surface area (Å²) in [7, 11) is 0. The molecular weight excluding hydrogens is 538 g/mol. The van der Waals surface area contributed by atoms with Crippen LogP contribution in [0.4, 0.5) is 0 Å². The summed E-state index contributed by atoms with van der Waals surface area (Å²) in [5, 5.41) is 0.653. The van der Waals surface area contributed by atoms with Gasteiger partial charge in [0.25, 0.3) is 5.56 Å². The van der Waals surface area contributed by atoms with E-state index in [2.05, 4.69) is 42.9 Å². The maximum atomic E-state index is 12.2. The van der Waals surface area contributed by atoms with Gasteiger partial charge in [-0.3, -0.25) is 9.69 Å². The second-order valence-corrected chi connectivity index (χ2v) is 7.23. The highest BCUT2D eigenvalue weighted by Crippen LogP contribution is 2.20. The van der Waals surface area contributed by atoms with Crippen molar-refractivity contribution in [3.63, 3.8) is 0 Å². The maximum absolute atomic E-state index is 12.2. The van der Waals surface area contributed by atoms with Gasteiger partial charge in [-0.2, -0.15) is 0 Å². The van der Waals surface area contributed by atoms with Crippen molar-refractivity contribution < 1.29 is 4.74 Å². The van der Waals surface area contributed by atoms with Crippen molar-refractivity contribution in [2.24, 2.45) is 0 Å². The van der Waals surface area contributed by atoms with E-state index in [9.17, 15) is 4.79 Å². The summed E-state index contributed by atoms with van der Waals surface area (Å²) in [6.45, 7) is 3.80. The Labute approximate surface area is 180 Å². The van der Waals surface area contributed by atoms with Gasteiger partial charge in [0.1, 0.15) is 0 Å². The van der Waals surface area contributed by atoms with Crippen LogP contribution in [0, 0.1) is 0 Å². The number of ether oxygens (including phenoxy) is 1. The SMILES string of the molecule is Br.Br.O=c1[nH]c(SCc2cccc(Br)c2)ncc1CN1CCOCC1. The van der Waals surface area contributed by atoms with Gasteiger partial charge in [-0.1, -0.05) is 39.8 Å². The number of hydrogen-bond donors (Lipinski definition) is 1. The molecule has 5 nitrogen and oxygen atoms in total. The highest BCUT2D eigenvalue weighted by atomic mass is 79.9. The lowest BCUT2D eigenvalue weighted by Gasteiger charge is -2.26. The molecule has 2 heterocycles. The van der Waals surface area contributed by atoms with Gasteiger partial charge < -0.3 is 9.72 Å². The van der Waals surface area contributed by atoms with Crippen LogP contribution in [0.25, 0.3) is 0 Å². The lowest BCUT2D eigenvalue weighted by atomic mass is 10.2. The van der Waals surface area contributed by atoms with E-state index in [1.165, 1.54) is 17.3 Å². The summed E-state index contributed by atoms with van der Waals surface area (Å²) >= 11 is 4.99. The molecule has 0 saturated carbocycles. The van der Waals surface area contributed by atoms with Crippen LogP contribution in [0.15, 0.2) is 44.9 Å². The molecule has 1 saturated heterocycles. The third-order valence-corrected chi connectivity index (χ3v) is 5.06. The normalized spacial score (nSPS) is 14.4. The zero-order valence-corrected chi connectivity index (χ0v) is 19.3. The number of H-pyrrole nitrogens is 1. The molecule has 1 fully saturated rings. The molecule has 0 bridgehead atoms. The topological polar surface area (TPSA) is 58.2 Å². The van der Waals surface area contributed by atoms with Crippen LogP contribution in [-0.4, -0.2) is 41.2 Å². The Balaban J connectivity index is 0.00000156. The zero-order valence-electron chi connectivity index (χ0n) is 13.4. The lowest BCUT2D eigenvalue weighted by molar-refractivity contribution is 0.0339. The Bertz CT molecular complexity index is 724. The summed E-state index contributed by atoms with van der Waals surface area (Å²) < 4.78 is 6.37. The Kier molecular flexibility index (Phi) is 10.5. The number of nitrogens with zero attached hydrogens (tertiary/aromatic N) is 2. The molecule has 25 heavy (non-hydrogen) atoms. The maximum Gasteiger partial charge on any atom is 0.256 e. The summed E-state index contributed by atoms with van der Waals surface area (Å²) in [5.74, 6) is 0.769. The van der Waals surface area contributed by atoms with Gasteiger partial charge in [0.05, 0.1) is 13.2 Å². The van der Waals surface area contributed by atoms with Gasteiger partial charge in [0, 0.05) is 41.6 Å². The molecule has 1 aromatic heterocycles. The van der Waals surface area contributed by atoms with Crippen molar-refractivity contribution in [2.75, 3.05) is 26.3 Å². The Morgan fingerprint density at radius 2 is 2.04 bits per heavy atom. The van der Waals surface area contributed by atoms with E-state index in [0.29, 0.717) is 17.3 Å². The monoisotopic (exact) mass is 555 g/mol. The largest absolute Gasteiger partial charge is 0.379 e. The first kappa shape index (κ1) is 22.9. The average molecular weight is 558 g/mol. The molecule has 0 amide bonds. The van der Waals surface area contributed by atoms with E-state index in [4.69, 9.17) is 4.74 Å². The van der Waals surface area contributed by atoms with Gasteiger partial charge in [-0.25, -0.2) is 4.98 Å². The molecule has 1 aliphatic heterocycles. The highest BCUT2D eigenvalue weighted by Gasteiger charge is 2.13. The second kappa shape index (κ2) is 11.5. The molecule has 3 rings (SSSR count). The first-order valence-electron chi connectivity index (χ1n) is 7.46. The van der Waals surface area contributed by atoms with E-state index < -0.39 is 0 Å². The minimum absolute atomic E-state index is 0. The van der Waals surface area contributed by atoms with Crippen LogP contribution in [0.2, 0.25) is 0 Å². The molecule has 138 valence electrons. The number of nitrogens with one attached hydrogen (secondary N) is 1. The van der Waals surface area contributed by atoms with E-state index in [0.717, 1.165) is 36.5 Å². The molecule has 0 aliphatic carbocycles. The van der Waals surface area contributed by atoms with Crippen LogP contribution < -0.4 is 5.56 Å². The smallest absolute Gasteiger partial charge is 0.256 e. The fourth-order valence-corrected chi connectivity index (χ4v) is 3.59. The number of aromatic nitrogens is 2. The third kappa shape index (κ3) is 7.15. The number of hydrogen-bond acceptors (Lipinski definition) is 5. The molecule has 1 aliphatic rings. The molecule has 1 N–H and O–H groups in total. The zero-order chi connectivity index (χ0) is 16.1. The van der Waals surface area contributed by atoms with Crippen LogP contribution in [0.5, 0.6) is 0 Å². The predicted octanol–water partition coefficient (Wildman–Crippen LogP) is 3.81. The van der Waals surface area contributed by atoms with Crippen molar-refractivity contribution in [3.8, 4) is 0 Å². The number of benzene rings is 1. The van der Waals surface area contributed by atoms with Crippen molar-refractivity contribution >= 4 is 61.7 Å². The molecule has 0 radical (unpaired) electrons. The summed E-state index contributed by atoms with van der Waals surface area (Å²) in [6, 6.07) is 8.12. The Hall–Kier alpha value is -0.190. The van der Waals surface area contributed by atoms with E-state index in [-0.39, 0.29) is 39.5 Å². The van der Waals surface area contributed by atoms with E-state index in [1.807, 2.05) is 12.1 Å². The quantitative estimate of drug-likeness (QED) is 0.447. The van der Waals surface area contributed by atoms with Crippen LogP contribution >= 0.6 is 61.7 Å². The first-order valence-corrected chi connectivity index (χ1v) is 9.24. The molecule has 0 unspecified atom stereocenters. The van der Waals surface area contributed by atoms with E-state index >= 15 is 0 Å². The van der Waals surface area contributed by atoms with Gasteiger partial charge in [-0.05, 0) is 17.7 Å². The molecule has 0 atom stereocenters. The lowest BCUT2D eigenvalue weighted by Crippen LogP contribution is -2.37. The predicted molar refractivity (Wildman–Crippen MR) is 115 cm³/mol. The minimum Gasteiger partial charge on any atom is -0.379 e. The van der Waals surface area contributed by atoms with Gasteiger partial charge in [-0.15, -0.1) is 34.0 Å². The molecule has 9 heteroatoms. The first-order chi connectivity index (χ1) is 11.2. The third-order valence-electron chi connectivity index (χ3n) is 3.61. The van der Waals surface area contributed by atoms with Crippen molar-refractivity contribution in [1.82, 2.24) is 14.9 Å². The fraction of sp³-hybridized carbons (Fsp3) is 0.375. The van der Waals surface area contributed by atoms with Gasteiger partial charge >= 0.3 is 0 Å². The highest BCUT2D eigenvalue weighted by molar-refractivity contribution is 9.10. The van der Waals surface area contributed by atoms with Crippen molar-refractivity contribution in [2.45, 2.75) is 17.5 Å². The summed E-state index contributed by atoms with van der Waals surface area (Å²) in [4.78, 5) is 21.7.